The molecule has 0 radical (unpaired) electrons. The molecule has 17 heavy (non-hydrogen) atoms. The largest absolute Gasteiger partial charge is 0.392 e. The maximum Gasteiger partial charge on any atom is 0.255 e. The lowest BCUT2D eigenvalue weighted by atomic mass is 10.1. The smallest absolute Gasteiger partial charge is 0.255 e. The highest BCUT2D eigenvalue weighted by Gasteiger charge is 2.18. The first-order chi connectivity index (χ1) is 7.95. The van der Waals surface area contributed by atoms with Crippen molar-refractivity contribution < 1.29 is 4.79 Å². The number of thiocarbonyl (C=S) groups is 1. The second-order valence-electron chi connectivity index (χ2n) is 4.02. The van der Waals surface area contributed by atoms with Crippen molar-refractivity contribution in [2.24, 2.45) is 12.8 Å². The number of aromatic nitrogens is 2. The van der Waals surface area contributed by atoms with Crippen LogP contribution in [0, 0.1) is 6.92 Å². The van der Waals surface area contributed by atoms with E-state index in [2.05, 4.69) is 10.4 Å². The molecule has 0 fully saturated rings. The van der Waals surface area contributed by atoms with Crippen LogP contribution in [-0.2, 0) is 7.05 Å². The Labute approximate surface area is 106 Å². The molecule has 0 aromatic carbocycles. The van der Waals surface area contributed by atoms with Crippen LogP contribution in [0.4, 0.5) is 0 Å². The monoisotopic (exact) mass is 254 g/mol. The fourth-order valence-electron chi connectivity index (χ4n) is 1.63. The zero-order valence-corrected chi connectivity index (χ0v) is 11.2. The second kappa shape index (κ2) is 5.77. The average Bonchev–Trinajstić information content (AvgIpc) is 2.57. The van der Waals surface area contributed by atoms with E-state index in [1.807, 2.05) is 6.92 Å². The Morgan fingerprint density at radius 2 is 2.35 bits per heavy atom. The van der Waals surface area contributed by atoms with Gasteiger partial charge in [0.25, 0.3) is 5.91 Å². The van der Waals surface area contributed by atoms with Crippen LogP contribution >= 0.6 is 12.2 Å². The van der Waals surface area contributed by atoms with Gasteiger partial charge in [-0.15, -0.1) is 0 Å². The van der Waals surface area contributed by atoms with Crippen molar-refractivity contribution in [3.8, 4) is 0 Å². The molecule has 0 bridgehead atoms. The number of aryl methyl sites for hydroxylation is 2. The first-order valence-electron chi connectivity index (χ1n) is 5.56. The third kappa shape index (κ3) is 3.52. The maximum atomic E-state index is 12.0. The standard InChI is InChI=1S/C11H18N4OS/c1-4-5-9(10(12)17)13-11(16)8-6-15(3)14-7(8)2/h6,9H,4-5H2,1-3H3,(H2,12,17)(H,13,16). The van der Waals surface area contributed by atoms with Gasteiger partial charge in [0, 0.05) is 13.2 Å². The van der Waals surface area contributed by atoms with Gasteiger partial charge in [0.1, 0.15) is 0 Å². The number of nitrogens with one attached hydrogen (secondary N) is 1. The maximum absolute atomic E-state index is 12.0. The molecule has 1 heterocycles. The van der Waals surface area contributed by atoms with Crippen molar-refractivity contribution in [3.63, 3.8) is 0 Å². The molecule has 0 aliphatic carbocycles. The molecule has 6 heteroatoms. The molecule has 5 nitrogen and oxygen atoms in total. The van der Waals surface area contributed by atoms with Crippen molar-refractivity contribution >= 4 is 23.1 Å². The Morgan fingerprint density at radius 1 is 1.71 bits per heavy atom. The summed E-state index contributed by atoms with van der Waals surface area (Å²) in [5, 5.41) is 6.95. The number of rotatable bonds is 5. The van der Waals surface area contributed by atoms with Crippen LogP contribution in [0.25, 0.3) is 0 Å². The first-order valence-corrected chi connectivity index (χ1v) is 5.97. The van der Waals surface area contributed by atoms with Gasteiger partial charge in [-0.2, -0.15) is 5.10 Å². The van der Waals surface area contributed by atoms with Crippen molar-refractivity contribution in [1.29, 1.82) is 0 Å². The minimum Gasteiger partial charge on any atom is -0.392 e. The summed E-state index contributed by atoms with van der Waals surface area (Å²) >= 11 is 4.93. The van der Waals surface area contributed by atoms with Crippen molar-refractivity contribution in [1.82, 2.24) is 15.1 Å². The van der Waals surface area contributed by atoms with Crippen LogP contribution in [0.2, 0.25) is 0 Å². The third-order valence-electron chi connectivity index (χ3n) is 2.48. The second-order valence-corrected chi connectivity index (χ2v) is 4.49. The minimum absolute atomic E-state index is 0.179. The number of nitrogens with zero attached hydrogens (tertiary/aromatic N) is 2. The summed E-state index contributed by atoms with van der Waals surface area (Å²) in [6.07, 6.45) is 3.35. The Kier molecular flexibility index (Phi) is 4.62. The van der Waals surface area contributed by atoms with E-state index in [4.69, 9.17) is 18.0 Å². The van der Waals surface area contributed by atoms with Crippen molar-refractivity contribution in [2.45, 2.75) is 32.7 Å². The molecule has 94 valence electrons. The third-order valence-corrected chi connectivity index (χ3v) is 2.77. The Balaban J connectivity index is 2.77. The van der Waals surface area contributed by atoms with Crippen molar-refractivity contribution in [2.75, 3.05) is 0 Å². The number of nitrogens with two attached hydrogens (primary N) is 1. The molecule has 0 aliphatic rings. The summed E-state index contributed by atoms with van der Waals surface area (Å²) in [6.45, 7) is 3.82. The normalized spacial score (nSPS) is 12.2. The lowest BCUT2D eigenvalue weighted by Gasteiger charge is -2.16. The zero-order valence-electron chi connectivity index (χ0n) is 10.4. The molecule has 0 saturated heterocycles. The molecular weight excluding hydrogens is 236 g/mol. The molecule has 0 spiro atoms. The lowest BCUT2D eigenvalue weighted by Crippen LogP contribution is -2.43. The van der Waals surface area contributed by atoms with E-state index in [1.54, 1.807) is 24.9 Å². The van der Waals surface area contributed by atoms with E-state index in [0.29, 0.717) is 16.2 Å². The van der Waals surface area contributed by atoms with Gasteiger partial charge in [0.2, 0.25) is 0 Å². The summed E-state index contributed by atoms with van der Waals surface area (Å²) in [4.78, 5) is 12.3. The van der Waals surface area contributed by atoms with Gasteiger partial charge in [-0.1, -0.05) is 25.6 Å². The molecule has 1 rings (SSSR count). The molecule has 0 aliphatic heterocycles. The highest BCUT2D eigenvalue weighted by Crippen LogP contribution is 2.06. The first kappa shape index (κ1) is 13.6. The Hall–Kier alpha value is -1.43. The lowest BCUT2D eigenvalue weighted by molar-refractivity contribution is 0.0945. The quantitative estimate of drug-likeness (QED) is 0.766. The molecule has 0 saturated carbocycles. The van der Waals surface area contributed by atoms with Crippen LogP contribution in [0.1, 0.15) is 35.8 Å². The molecule has 1 aromatic rings. The van der Waals surface area contributed by atoms with E-state index in [9.17, 15) is 4.79 Å². The van der Waals surface area contributed by atoms with Gasteiger partial charge in [-0.05, 0) is 13.3 Å². The summed E-state index contributed by atoms with van der Waals surface area (Å²) < 4.78 is 1.61. The van der Waals surface area contributed by atoms with Gasteiger partial charge < -0.3 is 11.1 Å². The average molecular weight is 254 g/mol. The molecule has 1 atom stereocenters. The van der Waals surface area contributed by atoms with Gasteiger partial charge in [0.05, 0.1) is 22.3 Å². The van der Waals surface area contributed by atoms with Crippen LogP contribution in [0.15, 0.2) is 6.20 Å². The summed E-state index contributed by atoms with van der Waals surface area (Å²) in [6, 6.07) is -0.248. The summed E-state index contributed by atoms with van der Waals surface area (Å²) in [7, 11) is 1.78. The predicted molar refractivity (Wildman–Crippen MR) is 70.9 cm³/mol. The predicted octanol–water partition coefficient (Wildman–Crippen LogP) is 0.913. The fraction of sp³-hybridized carbons (Fsp3) is 0.545. The van der Waals surface area contributed by atoms with E-state index in [0.717, 1.165) is 12.8 Å². The molecule has 1 aromatic heterocycles. The highest BCUT2D eigenvalue weighted by atomic mass is 32.1. The zero-order chi connectivity index (χ0) is 13.0. The van der Waals surface area contributed by atoms with Gasteiger partial charge >= 0.3 is 0 Å². The van der Waals surface area contributed by atoms with Crippen LogP contribution in [-0.4, -0.2) is 26.7 Å². The van der Waals surface area contributed by atoms with Gasteiger partial charge in [-0.3, -0.25) is 9.48 Å². The van der Waals surface area contributed by atoms with E-state index >= 15 is 0 Å². The molecule has 1 unspecified atom stereocenters. The number of carbonyl (C=O) groups is 1. The Morgan fingerprint density at radius 3 is 2.76 bits per heavy atom. The molecule has 1 amide bonds. The van der Waals surface area contributed by atoms with E-state index in [-0.39, 0.29) is 11.9 Å². The van der Waals surface area contributed by atoms with Crippen LogP contribution in [0.5, 0.6) is 0 Å². The Bertz CT molecular complexity index is 427. The van der Waals surface area contributed by atoms with E-state index < -0.39 is 0 Å². The topological polar surface area (TPSA) is 72.9 Å². The summed E-state index contributed by atoms with van der Waals surface area (Å²) in [5.41, 5.74) is 6.85. The molecule has 3 N–H and O–H groups in total. The molecular formula is C11H18N4OS. The number of carbonyl (C=O) groups excluding carboxylic acids is 1. The van der Waals surface area contributed by atoms with Crippen molar-refractivity contribution in [3.05, 3.63) is 17.5 Å². The SMILES string of the molecule is CCCC(NC(=O)c1cn(C)nc1C)C(N)=S. The van der Waals surface area contributed by atoms with Crippen LogP contribution in [0.3, 0.4) is 0 Å². The number of hydrogen-bond donors (Lipinski definition) is 2. The number of amides is 1. The number of hydrogen-bond acceptors (Lipinski definition) is 3. The van der Waals surface area contributed by atoms with Gasteiger partial charge in [-0.25, -0.2) is 0 Å². The van der Waals surface area contributed by atoms with Gasteiger partial charge in [0.15, 0.2) is 0 Å². The van der Waals surface area contributed by atoms with E-state index in [1.165, 1.54) is 0 Å². The minimum atomic E-state index is -0.248. The summed E-state index contributed by atoms with van der Waals surface area (Å²) in [5.74, 6) is -0.179. The highest BCUT2D eigenvalue weighted by molar-refractivity contribution is 7.80. The fourth-order valence-corrected chi connectivity index (χ4v) is 1.81. The van der Waals surface area contributed by atoms with Crippen LogP contribution < -0.4 is 11.1 Å².